The molecular formula is C15H21N3O2. The Morgan fingerprint density at radius 3 is 2.80 bits per heavy atom. The molecule has 0 spiro atoms. The second-order valence-electron chi connectivity index (χ2n) is 5.86. The van der Waals surface area contributed by atoms with Gasteiger partial charge in [0.2, 0.25) is 0 Å². The summed E-state index contributed by atoms with van der Waals surface area (Å²) in [6.07, 6.45) is 3.66. The lowest BCUT2D eigenvalue weighted by atomic mass is 10.1. The van der Waals surface area contributed by atoms with E-state index in [0.29, 0.717) is 17.8 Å². The van der Waals surface area contributed by atoms with Crippen molar-refractivity contribution in [2.24, 2.45) is 0 Å². The number of hydrogen-bond donors (Lipinski definition) is 2. The Bertz CT molecular complexity index is 532. The maximum Gasteiger partial charge on any atom is 0.337 e. The van der Waals surface area contributed by atoms with Gasteiger partial charge >= 0.3 is 5.97 Å². The zero-order valence-electron chi connectivity index (χ0n) is 11.7. The molecule has 0 saturated carbocycles. The molecule has 20 heavy (non-hydrogen) atoms. The summed E-state index contributed by atoms with van der Waals surface area (Å²) in [5.41, 5.74) is 7.22. The van der Waals surface area contributed by atoms with Gasteiger partial charge in [0.15, 0.2) is 0 Å². The van der Waals surface area contributed by atoms with E-state index in [2.05, 4.69) is 16.8 Å². The van der Waals surface area contributed by atoms with E-state index in [1.807, 2.05) is 6.07 Å². The summed E-state index contributed by atoms with van der Waals surface area (Å²) in [7, 11) is 2.21. The minimum Gasteiger partial charge on any atom is -0.478 e. The maximum atomic E-state index is 11.2. The third kappa shape index (κ3) is 2.22. The molecule has 2 aliphatic rings. The molecule has 108 valence electrons. The molecule has 2 fully saturated rings. The van der Waals surface area contributed by atoms with E-state index in [9.17, 15) is 9.90 Å². The van der Waals surface area contributed by atoms with Gasteiger partial charge in [-0.25, -0.2) is 4.79 Å². The molecule has 1 aromatic carbocycles. The van der Waals surface area contributed by atoms with Crippen LogP contribution >= 0.6 is 0 Å². The molecule has 2 aliphatic heterocycles. The van der Waals surface area contributed by atoms with Crippen LogP contribution in [0.15, 0.2) is 18.2 Å². The van der Waals surface area contributed by atoms with Crippen molar-refractivity contribution < 1.29 is 9.90 Å². The van der Waals surface area contributed by atoms with Crippen molar-refractivity contribution in [1.29, 1.82) is 0 Å². The lowest BCUT2D eigenvalue weighted by molar-refractivity contribution is 0.0698. The molecule has 1 aromatic rings. The number of aromatic carboxylic acids is 1. The van der Waals surface area contributed by atoms with Gasteiger partial charge in [-0.3, -0.25) is 4.90 Å². The molecule has 5 nitrogen and oxygen atoms in total. The summed E-state index contributed by atoms with van der Waals surface area (Å²) < 4.78 is 0. The molecule has 3 rings (SSSR count). The highest BCUT2D eigenvalue weighted by molar-refractivity contribution is 5.94. The summed E-state index contributed by atoms with van der Waals surface area (Å²) in [5, 5.41) is 9.18. The van der Waals surface area contributed by atoms with Crippen molar-refractivity contribution in [1.82, 2.24) is 4.90 Å². The van der Waals surface area contributed by atoms with Crippen LogP contribution in [0.3, 0.4) is 0 Å². The average molecular weight is 275 g/mol. The first kappa shape index (κ1) is 13.2. The first-order valence-corrected chi connectivity index (χ1v) is 7.16. The SMILES string of the molecule is CN1C2CCC1CN(c1ccc(N)c(C(=O)O)c1)CC2. The zero-order valence-corrected chi connectivity index (χ0v) is 11.7. The Hall–Kier alpha value is -1.75. The van der Waals surface area contributed by atoms with Gasteiger partial charge in [0.25, 0.3) is 0 Å². The van der Waals surface area contributed by atoms with Crippen molar-refractivity contribution in [2.75, 3.05) is 30.8 Å². The fourth-order valence-corrected chi connectivity index (χ4v) is 3.47. The van der Waals surface area contributed by atoms with Gasteiger partial charge in [-0.05, 0) is 44.5 Å². The van der Waals surface area contributed by atoms with Crippen LogP contribution in [0.25, 0.3) is 0 Å². The predicted octanol–water partition coefficient (Wildman–Crippen LogP) is 1.64. The molecule has 0 amide bonds. The first-order chi connectivity index (χ1) is 9.56. The molecule has 0 aromatic heterocycles. The summed E-state index contributed by atoms with van der Waals surface area (Å²) in [6.45, 7) is 1.95. The highest BCUT2D eigenvalue weighted by Gasteiger charge is 2.34. The normalized spacial score (nSPS) is 26.6. The molecule has 2 saturated heterocycles. The van der Waals surface area contributed by atoms with Crippen molar-refractivity contribution in [2.45, 2.75) is 31.3 Å². The topological polar surface area (TPSA) is 69.8 Å². The van der Waals surface area contributed by atoms with Crippen LogP contribution in [0.1, 0.15) is 29.6 Å². The van der Waals surface area contributed by atoms with E-state index in [1.54, 1.807) is 12.1 Å². The van der Waals surface area contributed by atoms with Crippen LogP contribution in [0.5, 0.6) is 0 Å². The van der Waals surface area contributed by atoms with Gasteiger partial charge in [0.1, 0.15) is 0 Å². The predicted molar refractivity (Wildman–Crippen MR) is 79.2 cm³/mol. The van der Waals surface area contributed by atoms with Crippen LogP contribution in [-0.4, -0.2) is 48.2 Å². The molecule has 2 unspecified atom stereocenters. The van der Waals surface area contributed by atoms with Crippen molar-refractivity contribution in [3.05, 3.63) is 23.8 Å². The Morgan fingerprint density at radius 1 is 1.30 bits per heavy atom. The van der Waals surface area contributed by atoms with Gasteiger partial charge < -0.3 is 15.7 Å². The minimum atomic E-state index is -0.960. The lowest BCUT2D eigenvalue weighted by Crippen LogP contribution is -2.36. The van der Waals surface area contributed by atoms with Gasteiger partial charge in [0.05, 0.1) is 5.56 Å². The summed E-state index contributed by atoms with van der Waals surface area (Å²) in [6, 6.07) is 6.59. The molecule has 3 N–H and O–H groups in total. The zero-order chi connectivity index (χ0) is 14.3. The number of nitrogen functional groups attached to an aromatic ring is 1. The monoisotopic (exact) mass is 275 g/mol. The van der Waals surface area contributed by atoms with Crippen LogP contribution in [-0.2, 0) is 0 Å². The third-order valence-electron chi connectivity index (χ3n) is 4.78. The van der Waals surface area contributed by atoms with E-state index in [-0.39, 0.29) is 5.56 Å². The molecule has 2 bridgehead atoms. The minimum absolute atomic E-state index is 0.199. The molecule has 5 heteroatoms. The number of carboxylic acid groups (broad SMARTS) is 1. The quantitative estimate of drug-likeness (QED) is 0.803. The molecule has 0 aliphatic carbocycles. The van der Waals surface area contributed by atoms with Crippen LogP contribution in [0.2, 0.25) is 0 Å². The number of nitrogens with two attached hydrogens (primary N) is 1. The second kappa shape index (κ2) is 4.98. The largest absolute Gasteiger partial charge is 0.478 e. The number of fused-ring (bicyclic) bond motifs is 2. The highest BCUT2D eigenvalue weighted by Crippen LogP contribution is 2.31. The van der Waals surface area contributed by atoms with E-state index >= 15 is 0 Å². The molecule has 2 heterocycles. The Kier molecular flexibility index (Phi) is 3.30. The number of benzene rings is 1. The number of rotatable bonds is 2. The number of nitrogens with zero attached hydrogens (tertiary/aromatic N) is 2. The first-order valence-electron chi connectivity index (χ1n) is 7.16. The number of carboxylic acids is 1. The molecular weight excluding hydrogens is 254 g/mol. The summed E-state index contributed by atoms with van der Waals surface area (Å²) in [5.74, 6) is -0.960. The second-order valence-corrected chi connectivity index (χ2v) is 5.86. The Balaban J connectivity index is 1.86. The maximum absolute atomic E-state index is 11.2. The summed E-state index contributed by atoms with van der Waals surface area (Å²) in [4.78, 5) is 16.0. The number of carbonyl (C=O) groups is 1. The standard InChI is InChI=1S/C15H21N3O2/c1-17-10-2-3-12(17)9-18(7-6-10)11-4-5-14(16)13(8-11)15(19)20/h4-5,8,10,12H,2-3,6-7,9,16H2,1H3,(H,19,20). The van der Waals surface area contributed by atoms with Crippen LogP contribution in [0, 0.1) is 0 Å². The molecule has 2 atom stereocenters. The van der Waals surface area contributed by atoms with Gasteiger partial charge in [0, 0.05) is 36.5 Å². The molecule has 0 radical (unpaired) electrons. The average Bonchev–Trinajstić information content (AvgIpc) is 2.64. The smallest absolute Gasteiger partial charge is 0.337 e. The third-order valence-corrected chi connectivity index (χ3v) is 4.78. The fraction of sp³-hybridized carbons (Fsp3) is 0.533. The lowest BCUT2D eigenvalue weighted by Gasteiger charge is -2.28. The van der Waals surface area contributed by atoms with Crippen molar-refractivity contribution in [3.8, 4) is 0 Å². The van der Waals surface area contributed by atoms with E-state index < -0.39 is 5.97 Å². The fourth-order valence-electron chi connectivity index (χ4n) is 3.47. The Morgan fingerprint density at radius 2 is 2.05 bits per heavy atom. The number of anilines is 2. The van der Waals surface area contributed by atoms with Crippen molar-refractivity contribution in [3.63, 3.8) is 0 Å². The highest BCUT2D eigenvalue weighted by atomic mass is 16.4. The summed E-state index contributed by atoms with van der Waals surface area (Å²) >= 11 is 0. The van der Waals surface area contributed by atoms with E-state index in [1.165, 1.54) is 12.8 Å². The van der Waals surface area contributed by atoms with E-state index in [0.717, 1.165) is 25.2 Å². The van der Waals surface area contributed by atoms with Gasteiger partial charge in [-0.15, -0.1) is 0 Å². The number of hydrogen-bond acceptors (Lipinski definition) is 4. The van der Waals surface area contributed by atoms with Gasteiger partial charge in [-0.2, -0.15) is 0 Å². The van der Waals surface area contributed by atoms with Crippen LogP contribution < -0.4 is 10.6 Å². The van der Waals surface area contributed by atoms with Gasteiger partial charge in [-0.1, -0.05) is 0 Å². The van der Waals surface area contributed by atoms with Crippen molar-refractivity contribution >= 4 is 17.3 Å². The van der Waals surface area contributed by atoms with Crippen LogP contribution in [0.4, 0.5) is 11.4 Å². The Labute approximate surface area is 119 Å². The number of likely N-dealkylation sites (N-methyl/N-ethyl adjacent to an activating group) is 1. The van der Waals surface area contributed by atoms with E-state index in [4.69, 9.17) is 5.73 Å².